The highest BCUT2D eigenvalue weighted by atomic mass is 35.5. The molecule has 0 radical (unpaired) electrons. The smallest absolute Gasteiger partial charge is 0.256 e. The summed E-state index contributed by atoms with van der Waals surface area (Å²) in [4.78, 5) is 38.1. The van der Waals surface area contributed by atoms with Gasteiger partial charge in [0, 0.05) is 31.9 Å². The predicted molar refractivity (Wildman–Crippen MR) is 235 cm³/mol. The van der Waals surface area contributed by atoms with Crippen molar-refractivity contribution in [3.05, 3.63) is 166 Å². The maximum absolute atomic E-state index is 14.1. The number of aromatic nitrogens is 2. The van der Waals surface area contributed by atoms with E-state index in [1.54, 1.807) is 14.2 Å². The molecule has 8 aromatic rings. The van der Waals surface area contributed by atoms with E-state index in [1.165, 1.54) is 0 Å². The van der Waals surface area contributed by atoms with Gasteiger partial charge in [0.2, 0.25) is 0 Å². The molecule has 2 amide bonds. The molecule has 0 fully saturated rings. The summed E-state index contributed by atoms with van der Waals surface area (Å²) in [7, 11) is 3.12. The number of nitrogens with zero attached hydrogens (tertiary/aromatic N) is 2. The second kappa shape index (κ2) is 16.0. The van der Waals surface area contributed by atoms with Crippen molar-refractivity contribution >= 4 is 68.2 Å². The molecule has 0 saturated carbocycles. The average Bonchev–Trinajstić information content (AvgIpc) is 3.24. The molecule has 0 bridgehead atoms. The number of carbonyl (C=O) groups excluding carboxylic acids is 2. The van der Waals surface area contributed by atoms with Crippen LogP contribution < -0.4 is 20.1 Å². The molecule has 0 spiro atoms. The number of nitrogens with one attached hydrogen (secondary N) is 2. The van der Waals surface area contributed by atoms with Gasteiger partial charge in [-0.1, -0.05) is 96.0 Å². The highest BCUT2D eigenvalue weighted by molar-refractivity contribution is 6.31. The van der Waals surface area contributed by atoms with Crippen molar-refractivity contribution in [3.8, 4) is 45.1 Å². The summed E-state index contributed by atoms with van der Waals surface area (Å²) < 4.78 is 11.6. The number of methoxy groups -OCH3 is 2. The molecule has 2 aromatic heterocycles. The van der Waals surface area contributed by atoms with Gasteiger partial charge in [0.1, 0.15) is 11.5 Å². The van der Waals surface area contributed by atoms with E-state index < -0.39 is 0 Å². The molecule has 0 aliphatic rings. The summed E-state index contributed by atoms with van der Waals surface area (Å²) in [5.74, 6) is 0.341. The highest BCUT2D eigenvalue weighted by Crippen LogP contribution is 2.38. The Morgan fingerprint density at radius 3 is 1.24 bits per heavy atom. The Morgan fingerprint density at radius 1 is 0.500 bits per heavy atom. The van der Waals surface area contributed by atoms with Gasteiger partial charge in [-0.2, -0.15) is 0 Å². The number of anilines is 2. The van der Waals surface area contributed by atoms with Crippen molar-refractivity contribution in [1.29, 1.82) is 0 Å². The Labute approximate surface area is 345 Å². The first kappa shape index (κ1) is 38.1. The first-order chi connectivity index (χ1) is 28.1. The third kappa shape index (κ3) is 7.31. The number of ether oxygens (including phenoxy) is 2. The van der Waals surface area contributed by atoms with E-state index in [-0.39, 0.29) is 11.8 Å². The van der Waals surface area contributed by atoms with E-state index >= 15 is 0 Å². The second-order valence-electron chi connectivity index (χ2n) is 13.7. The van der Waals surface area contributed by atoms with E-state index in [1.807, 2.05) is 147 Å². The molecule has 0 saturated heterocycles. The summed E-state index contributed by atoms with van der Waals surface area (Å²) in [5.41, 5.74) is 9.63. The number of para-hydroxylation sites is 2. The van der Waals surface area contributed by atoms with Gasteiger partial charge in [0.25, 0.3) is 11.8 Å². The minimum Gasteiger partial charge on any atom is -0.495 e. The molecule has 0 atom stereocenters. The summed E-state index contributed by atoms with van der Waals surface area (Å²) in [6, 6.07) is 41.1. The van der Waals surface area contributed by atoms with E-state index in [0.717, 1.165) is 44.2 Å². The van der Waals surface area contributed by atoms with Gasteiger partial charge in [-0.3, -0.25) is 9.59 Å². The van der Waals surface area contributed by atoms with Crippen LogP contribution in [-0.4, -0.2) is 36.0 Å². The average molecular weight is 804 g/mol. The van der Waals surface area contributed by atoms with Crippen molar-refractivity contribution in [2.24, 2.45) is 0 Å². The van der Waals surface area contributed by atoms with Crippen LogP contribution in [0, 0.1) is 13.8 Å². The molecule has 58 heavy (non-hydrogen) atoms. The van der Waals surface area contributed by atoms with Crippen LogP contribution in [0.2, 0.25) is 10.0 Å². The lowest BCUT2D eigenvalue weighted by Crippen LogP contribution is -2.16. The summed E-state index contributed by atoms with van der Waals surface area (Å²) in [6.07, 6.45) is 0. The molecule has 2 heterocycles. The Hall–Kier alpha value is -6.74. The van der Waals surface area contributed by atoms with Crippen LogP contribution in [-0.2, 0) is 0 Å². The van der Waals surface area contributed by atoms with E-state index in [0.29, 0.717) is 66.5 Å². The third-order valence-corrected chi connectivity index (χ3v) is 10.7. The number of benzene rings is 6. The number of hydrogen-bond donors (Lipinski definition) is 2. The molecule has 8 nitrogen and oxygen atoms in total. The molecular weight excluding hydrogens is 767 g/mol. The van der Waals surface area contributed by atoms with E-state index in [9.17, 15) is 9.59 Å². The number of halogens is 2. The molecule has 286 valence electrons. The van der Waals surface area contributed by atoms with Crippen LogP contribution in [0.4, 0.5) is 11.4 Å². The molecule has 8 rings (SSSR count). The minimum atomic E-state index is -0.295. The lowest BCUT2D eigenvalue weighted by Gasteiger charge is -2.17. The minimum absolute atomic E-state index is 0.295. The molecule has 6 aromatic carbocycles. The normalized spacial score (nSPS) is 11.1. The van der Waals surface area contributed by atoms with Crippen molar-refractivity contribution < 1.29 is 19.1 Å². The number of hydrogen-bond acceptors (Lipinski definition) is 6. The first-order valence-corrected chi connectivity index (χ1v) is 19.2. The molecule has 0 aliphatic carbocycles. The van der Waals surface area contributed by atoms with Gasteiger partial charge in [-0.05, 0) is 96.8 Å². The maximum atomic E-state index is 14.1. The topological polar surface area (TPSA) is 102 Å². The fourth-order valence-electron chi connectivity index (χ4n) is 7.30. The number of pyridine rings is 2. The molecular formula is C48H36Cl2N4O4. The Balaban J connectivity index is 1.08. The standard InChI is InChI=1S/C48H36Cl2N4O4/c1-27-43(35-9-5-7-11-37(35)51-45(27)29-13-19-33(49)20-14-29)47(55)53-39-23-17-31(25-41(39)57-3)32-18-24-40(42(26-32)58-4)54-48(56)44-28(2)46(30-15-21-34(50)22-16-30)52-38-12-8-6-10-36(38)44/h5-26H,1-4H3,(H,53,55)(H,54,56). The first-order valence-electron chi connectivity index (χ1n) is 18.4. The third-order valence-electron chi connectivity index (χ3n) is 10.2. The second-order valence-corrected chi connectivity index (χ2v) is 14.6. The fourth-order valence-corrected chi connectivity index (χ4v) is 7.55. The summed E-state index contributed by atoms with van der Waals surface area (Å²) in [5, 5.41) is 8.87. The summed E-state index contributed by atoms with van der Waals surface area (Å²) in [6.45, 7) is 3.80. The van der Waals surface area contributed by atoms with E-state index in [4.69, 9.17) is 42.6 Å². The monoisotopic (exact) mass is 802 g/mol. The van der Waals surface area contributed by atoms with Gasteiger partial charge in [0.15, 0.2) is 0 Å². The quantitative estimate of drug-likeness (QED) is 0.151. The van der Waals surface area contributed by atoms with Crippen LogP contribution in [0.5, 0.6) is 11.5 Å². The Morgan fingerprint density at radius 2 is 0.862 bits per heavy atom. The van der Waals surface area contributed by atoms with Crippen LogP contribution in [0.15, 0.2) is 133 Å². The zero-order valence-electron chi connectivity index (χ0n) is 32.0. The highest BCUT2D eigenvalue weighted by Gasteiger charge is 2.23. The van der Waals surface area contributed by atoms with Crippen LogP contribution >= 0.6 is 23.2 Å². The van der Waals surface area contributed by atoms with Gasteiger partial charge in [-0.15, -0.1) is 0 Å². The van der Waals surface area contributed by atoms with Crippen LogP contribution in [0.1, 0.15) is 31.8 Å². The SMILES string of the molecule is COc1cc(-c2ccc(NC(=O)c3c(C)c(-c4ccc(Cl)cc4)nc4ccccc34)c(OC)c2)ccc1NC(=O)c1c(C)c(-c2ccc(Cl)cc2)nc2ccccc12. The van der Waals surface area contributed by atoms with Gasteiger partial charge >= 0.3 is 0 Å². The van der Waals surface area contributed by atoms with Crippen molar-refractivity contribution in [2.75, 3.05) is 24.9 Å². The maximum Gasteiger partial charge on any atom is 0.256 e. The Bertz CT molecular complexity index is 2700. The fraction of sp³-hybridized carbons (Fsp3) is 0.0833. The largest absolute Gasteiger partial charge is 0.495 e. The van der Waals surface area contributed by atoms with Gasteiger partial charge in [0.05, 0.1) is 59.1 Å². The molecule has 10 heteroatoms. The Kier molecular flexibility index (Phi) is 10.5. The van der Waals surface area contributed by atoms with Crippen LogP contribution in [0.3, 0.4) is 0 Å². The lowest BCUT2D eigenvalue weighted by atomic mass is 9.97. The molecule has 0 aliphatic heterocycles. The summed E-state index contributed by atoms with van der Waals surface area (Å²) >= 11 is 12.3. The number of carbonyl (C=O) groups is 2. The zero-order chi connectivity index (χ0) is 40.5. The zero-order valence-corrected chi connectivity index (χ0v) is 33.5. The van der Waals surface area contributed by atoms with Crippen LogP contribution in [0.25, 0.3) is 55.4 Å². The van der Waals surface area contributed by atoms with Gasteiger partial charge < -0.3 is 20.1 Å². The number of fused-ring (bicyclic) bond motifs is 2. The molecule has 0 unspecified atom stereocenters. The lowest BCUT2D eigenvalue weighted by molar-refractivity contribution is 0.101. The van der Waals surface area contributed by atoms with Crippen molar-refractivity contribution in [2.45, 2.75) is 13.8 Å². The number of amides is 2. The molecule has 2 N–H and O–H groups in total. The number of rotatable bonds is 9. The van der Waals surface area contributed by atoms with E-state index in [2.05, 4.69) is 10.6 Å². The predicted octanol–water partition coefficient (Wildman–Crippen LogP) is 12.2. The van der Waals surface area contributed by atoms with Crippen molar-refractivity contribution in [1.82, 2.24) is 9.97 Å². The van der Waals surface area contributed by atoms with Gasteiger partial charge in [-0.25, -0.2) is 9.97 Å². The van der Waals surface area contributed by atoms with Crippen molar-refractivity contribution in [3.63, 3.8) is 0 Å².